The molecule has 7 heteroatoms. The minimum atomic E-state index is -0.385. The molecule has 3 N–H and O–H groups in total. The third kappa shape index (κ3) is 5.92. The van der Waals surface area contributed by atoms with E-state index >= 15 is 0 Å². The molecule has 0 aromatic heterocycles. The molecule has 1 fully saturated rings. The van der Waals surface area contributed by atoms with E-state index in [1.165, 1.54) is 17.7 Å². The monoisotopic (exact) mass is 482 g/mol. The summed E-state index contributed by atoms with van der Waals surface area (Å²) in [6, 6.07) is 16.2. The summed E-state index contributed by atoms with van der Waals surface area (Å²) < 4.78 is 13.1. The van der Waals surface area contributed by atoms with Crippen LogP contribution in [0.2, 0.25) is 0 Å². The number of halogens is 2. The third-order valence-electron chi connectivity index (χ3n) is 4.58. The third-order valence-corrected chi connectivity index (χ3v) is 4.58. The molecule has 0 spiro atoms. The van der Waals surface area contributed by atoms with E-state index < -0.39 is 0 Å². The van der Waals surface area contributed by atoms with Crippen LogP contribution in [-0.2, 0) is 10.2 Å². The van der Waals surface area contributed by atoms with Gasteiger partial charge in [0.25, 0.3) is 0 Å². The van der Waals surface area contributed by atoms with Crippen LogP contribution in [0.25, 0.3) is 0 Å². The lowest BCUT2D eigenvalue weighted by Gasteiger charge is -2.19. The summed E-state index contributed by atoms with van der Waals surface area (Å²) in [6.07, 6.45) is 2.28. The quantitative estimate of drug-likeness (QED) is 0.337. The van der Waals surface area contributed by atoms with Crippen LogP contribution in [0.3, 0.4) is 0 Å². The molecule has 0 radical (unpaired) electrons. The molecule has 0 saturated heterocycles. The number of aliphatic imine (C=N–C) groups is 1. The Balaban J connectivity index is 0.00000261. The molecule has 0 atom stereocenters. The van der Waals surface area contributed by atoms with Gasteiger partial charge in [0.1, 0.15) is 5.82 Å². The number of guanidine groups is 1. The first kappa shape index (κ1) is 21.1. The molecule has 2 aromatic rings. The van der Waals surface area contributed by atoms with Crippen molar-refractivity contribution in [3.05, 3.63) is 66.0 Å². The lowest BCUT2D eigenvalue weighted by atomic mass is 9.96. The Morgan fingerprint density at radius 3 is 2.48 bits per heavy atom. The zero-order chi connectivity index (χ0) is 18.4. The van der Waals surface area contributed by atoms with Gasteiger partial charge < -0.3 is 16.0 Å². The number of amides is 1. The molecule has 1 amide bonds. The van der Waals surface area contributed by atoms with Gasteiger partial charge >= 0.3 is 0 Å². The highest BCUT2D eigenvalue weighted by molar-refractivity contribution is 14.0. The second-order valence-electron chi connectivity index (χ2n) is 6.48. The van der Waals surface area contributed by atoms with Gasteiger partial charge in [-0.3, -0.25) is 9.79 Å². The minimum absolute atomic E-state index is 0. The Kier molecular flexibility index (Phi) is 7.58. The number of hydrogen-bond acceptors (Lipinski definition) is 2. The summed E-state index contributed by atoms with van der Waals surface area (Å²) in [5.74, 6) is -0.0757. The largest absolute Gasteiger partial charge is 0.356 e. The van der Waals surface area contributed by atoms with Gasteiger partial charge in [0.2, 0.25) is 5.91 Å². The average molecular weight is 482 g/mol. The maximum Gasteiger partial charge on any atom is 0.243 e. The standard InChI is InChI=1S/C20H23FN4O.HI/c1-22-19(23-13-18(26)25-17-9-5-8-16(21)12-17)24-14-20(10-11-20)15-6-3-2-4-7-15;/h2-9,12H,10-11,13-14H2,1H3,(H,25,26)(H2,22,23,24);1H. The molecule has 144 valence electrons. The van der Waals surface area contributed by atoms with Crippen molar-refractivity contribution < 1.29 is 9.18 Å². The second kappa shape index (κ2) is 9.68. The smallest absolute Gasteiger partial charge is 0.243 e. The van der Waals surface area contributed by atoms with Crippen LogP contribution in [0.5, 0.6) is 0 Å². The highest BCUT2D eigenvalue weighted by Crippen LogP contribution is 2.47. The molecule has 27 heavy (non-hydrogen) atoms. The number of hydrogen-bond donors (Lipinski definition) is 3. The van der Waals surface area contributed by atoms with Crippen molar-refractivity contribution in [2.45, 2.75) is 18.3 Å². The highest BCUT2D eigenvalue weighted by atomic mass is 127. The fraction of sp³-hybridized carbons (Fsp3) is 0.300. The van der Waals surface area contributed by atoms with Crippen molar-refractivity contribution in [1.82, 2.24) is 10.6 Å². The number of nitrogens with one attached hydrogen (secondary N) is 3. The molecule has 3 rings (SSSR count). The van der Waals surface area contributed by atoms with Crippen LogP contribution in [0.1, 0.15) is 18.4 Å². The van der Waals surface area contributed by atoms with Gasteiger partial charge in [0.05, 0.1) is 6.54 Å². The van der Waals surface area contributed by atoms with Crippen molar-refractivity contribution >= 4 is 41.5 Å². The van der Waals surface area contributed by atoms with E-state index in [-0.39, 0.29) is 47.7 Å². The summed E-state index contributed by atoms with van der Waals surface area (Å²) in [7, 11) is 1.67. The van der Waals surface area contributed by atoms with Crippen LogP contribution in [0.4, 0.5) is 10.1 Å². The summed E-state index contributed by atoms with van der Waals surface area (Å²) in [5.41, 5.74) is 1.91. The Bertz CT molecular complexity index is 794. The zero-order valence-corrected chi connectivity index (χ0v) is 17.5. The Morgan fingerprint density at radius 2 is 1.85 bits per heavy atom. The Labute approximate surface area is 175 Å². The normalized spacial score (nSPS) is 14.7. The molecule has 0 unspecified atom stereocenters. The number of carbonyl (C=O) groups excluding carboxylic acids is 1. The summed E-state index contributed by atoms with van der Waals surface area (Å²) >= 11 is 0. The van der Waals surface area contributed by atoms with Crippen molar-refractivity contribution in [3.63, 3.8) is 0 Å². The van der Waals surface area contributed by atoms with Gasteiger partial charge in [-0.15, -0.1) is 24.0 Å². The number of benzene rings is 2. The number of nitrogens with zero attached hydrogens (tertiary/aromatic N) is 1. The van der Waals surface area contributed by atoms with Crippen molar-refractivity contribution in [2.24, 2.45) is 4.99 Å². The maximum atomic E-state index is 13.1. The molecular formula is C20H24FIN4O. The van der Waals surface area contributed by atoms with Crippen molar-refractivity contribution in [3.8, 4) is 0 Å². The number of carbonyl (C=O) groups is 1. The summed E-state index contributed by atoms with van der Waals surface area (Å²) in [4.78, 5) is 16.2. The van der Waals surface area contributed by atoms with Gasteiger partial charge in [0.15, 0.2) is 5.96 Å². The lowest BCUT2D eigenvalue weighted by molar-refractivity contribution is -0.115. The second-order valence-corrected chi connectivity index (χ2v) is 6.48. The fourth-order valence-corrected chi connectivity index (χ4v) is 2.92. The van der Waals surface area contributed by atoms with E-state index in [0.29, 0.717) is 11.6 Å². The van der Waals surface area contributed by atoms with Gasteiger partial charge in [-0.1, -0.05) is 36.4 Å². The molecular weight excluding hydrogens is 458 g/mol. The minimum Gasteiger partial charge on any atom is -0.356 e. The SMILES string of the molecule is CN=C(NCC(=O)Nc1cccc(F)c1)NCC1(c2ccccc2)CC1.I. The van der Waals surface area contributed by atoms with E-state index in [0.717, 1.165) is 19.4 Å². The predicted octanol–water partition coefficient (Wildman–Crippen LogP) is 3.28. The fourth-order valence-electron chi connectivity index (χ4n) is 2.92. The molecule has 1 saturated carbocycles. The summed E-state index contributed by atoms with van der Waals surface area (Å²) in [5, 5.41) is 8.94. The van der Waals surface area contributed by atoms with Crippen molar-refractivity contribution in [2.75, 3.05) is 25.5 Å². The van der Waals surface area contributed by atoms with Gasteiger partial charge in [0, 0.05) is 24.7 Å². The molecule has 1 aliphatic rings. The Morgan fingerprint density at radius 1 is 1.11 bits per heavy atom. The van der Waals surface area contributed by atoms with Gasteiger partial charge in [-0.05, 0) is 36.6 Å². The maximum absolute atomic E-state index is 13.1. The van der Waals surface area contributed by atoms with E-state index in [2.05, 4.69) is 45.2 Å². The number of rotatable bonds is 6. The summed E-state index contributed by atoms with van der Waals surface area (Å²) in [6.45, 7) is 0.816. The first-order valence-corrected chi connectivity index (χ1v) is 8.67. The van der Waals surface area contributed by atoms with E-state index in [9.17, 15) is 9.18 Å². The molecule has 1 aliphatic carbocycles. The molecule has 2 aromatic carbocycles. The first-order valence-electron chi connectivity index (χ1n) is 8.67. The van der Waals surface area contributed by atoms with Gasteiger partial charge in [-0.25, -0.2) is 4.39 Å². The van der Waals surface area contributed by atoms with E-state index in [1.807, 2.05) is 6.07 Å². The highest BCUT2D eigenvalue weighted by Gasteiger charge is 2.43. The topological polar surface area (TPSA) is 65.5 Å². The first-order chi connectivity index (χ1) is 12.6. The number of anilines is 1. The molecule has 0 heterocycles. The van der Waals surface area contributed by atoms with Crippen LogP contribution < -0.4 is 16.0 Å². The molecule has 5 nitrogen and oxygen atoms in total. The molecule has 0 aliphatic heterocycles. The predicted molar refractivity (Wildman–Crippen MR) is 117 cm³/mol. The van der Waals surface area contributed by atoms with Crippen LogP contribution in [-0.4, -0.2) is 32.0 Å². The van der Waals surface area contributed by atoms with Crippen molar-refractivity contribution in [1.29, 1.82) is 0 Å². The van der Waals surface area contributed by atoms with E-state index in [4.69, 9.17) is 0 Å². The average Bonchev–Trinajstić information content (AvgIpc) is 3.44. The van der Waals surface area contributed by atoms with Crippen LogP contribution in [0.15, 0.2) is 59.6 Å². The van der Waals surface area contributed by atoms with E-state index in [1.54, 1.807) is 19.2 Å². The van der Waals surface area contributed by atoms with Gasteiger partial charge in [-0.2, -0.15) is 0 Å². The van der Waals surface area contributed by atoms with Crippen LogP contribution in [0, 0.1) is 5.82 Å². The molecule has 0 bridgehead atoms. The van der Waals surface area contributed by atoms with Crippen LogP contribution >= 0.6 is 24.0 Å². The Hall–Kier alpha value is -2.16. The lowest BCUT2D eigenvalue weighted by Crippen LogP contribution is -2.44. The zero-order valence-electron chi connectivity index (χ0n) is 15.2.